The lowest BCUT2D eigenvalue weighted by atomic mass is 10.1. The van der Waals surface area contributed by atoms with Gasteiger partial charge in [0.15, 0.2) is 0 Å². The van der Waals surface area contributed by atoms with Crippen LogP contribution in [0.1, 0.15) is 21.5 Å². The van der Waals surface area contributed by atoms with Gasteiger partial charge in [-0.1, -0.05) is 18.2 Å². The van der Waals surface area contributed by atoms with Crippen molar-refractivity contribution in [3.05, 3.63) is 83.4 Å². The Hall–Kier alpha value is -3.67. The van der Waals surface area contributed by atoms with Crippen LogP contribution in [-0.4, -0.2) is 27.2 Å². The Morgan fingerprint density at radius 2 is 1.53 bits per heavy atom. The molecule has 0 saturated carbocycles. The zero-order valence-corrected chi connectivity index (χ0v) is 17.3. The molecule has 6 nitrogen and oxygen atoms in total. The standard InChI is InChI=1S/C24H25NO5/c1-27-20-10-7-17(8-11-20)15-25-24(26)18-9-12-23(29-3)19(13-18)16-30-22-6-4-5-21(14-22)28-2/h4-14H,15-16H2,1-3H3,(H,25,26). The van der Waals surface area contributed by atoms with Crippen molar-refractivity contribution >= 4 is 5.91 Å². The molecule has 1 amide bonds. The summed E-state index contributed by atoms with van der Waals surface area (Å²) >= 11 is 0. The number of carbonyl (C=O) groups is 1. The van der Waals surface area contributed by atoms with Crippen LogP contribution in [0, 0.1) is 0 Å². The first-order valence-electron chi connectivity index (χ1n) is 9.48. The quantitative estimate of drug-likeness (QED) is 0.575. The van der Waals surface area contributed by atoms with Crippen molar-refractivity contribution in [3.8, 4) is 23.0 Å². The van der Waals surface area contributed by atoms with Crippen LogP contribution in [0.5, 0.6) is 23.0 Å². The van der Waals surface area contributed by atoms with Crippen LogP contribution in [0.2, 0.25) is 0 Å². The van der Waals surface area contributed by atoms with E-state index in [4.69, 9.17) is 18.9 Å². The predicted octanol–water partition coefficient (Wildman–Crippen LogP) is 4.22. The fraction of sp³-hybridized carbons (Fsp3) is 0.208. The molecule has 0 aliphatic rings. The molecule has 6 heteroatoms. The van der Waals surface area contributed by atoms with Gasteiger partial charge in [-0.3, -0.25) is 4.79 Å². The molecule has 0 unspecified atom stereocenters. The van der Waals surface area contributed by atoms with E-state index >= 15 is 0 Å². The number of benzene rings is 3. The van der Waals surface area contributed by atoms with Gasteiger partial charge in [0.2, 0.25) is 0 Å². The van der Waals surface area contributed by atoms with Crippen LogP contribution in [0.3, 0.4) is 0 Å². The van der Waals surface area contributed by atoms with Gasteiger partial charge in [0.1, 0.15) is 29.6 Å². The number of ether oxygens (including phenoxy) is 4. The van der Waals surface area contributed by atoms with Crippen LogP contribution in [0.15, 0.2) is 66.7 Å². The van der Waals surface area contributed by atoms with E-state index < -0.39 is 0 Å². The first kappa shape index (κ1) is 21.0. The summed E-state index contributed by atoms with van der Waals surface area (Å²) in [5, 5.41) is 2.93. The van der Waals surface area contributed by atoms with Gasteiger partial charge in [0, 0.05) is 23.7 Å². The van der Waals surface area contributed by atoms with Crippen molar-refractivity contribution in [2.24, 2.45) is 0 Å². The highest BCUT2D eigenvalue weighted by Crippen LogP contribution is 2.24. The highest BCUT2D eigenvalue weighted by molar-refractivity contribution is 5.94. The van der Waals surface area contributed by atoms with Gasteiger partial charge >= 0.3 is 0 Å². The van der Waals surface area contributed by atoms with Crippen LogP contribution < -0.4 is 24.3 Å². The number of rotatable bonds is 9. The molecule has 3 rings (SSSR count). The molecule has 0 fully saturated rings. The summed E-state index contributed by atoms with van der Waals surface area (Å²) in [6.07, 6.45) is 0. The highest BCUT2D eigenvalue weighted by Gasteiger charge is 2.11. The molecule has 0 heterocycles. The summed E-state index contributed by atoms with van der Waals surface area (Å²) in [4.78, 5) is 12.6. The number of nitrogens with one attached hydrogen (secondary N) is 1. The van der Waals surface area contributed by atoms with Gasteiger partial charge in [0.05, 0.1) is 21.3 Å². The van der Waals surface area contributed by atoms with Gasteiger partial charge in [-0.2, -0.15) is 0 Å². The van der Waals surface area contributed by atoms with E-state index in [0.717, 1.165) is 16.9 Å². The molecule has 0 aliphatic heterocycles. The second kappa shape index (κ2) is 10.2. The van der Waals surface area contributed by atoms with Gasteiger partial charge in [-0.05, 0) is 48.0 Å². The highest BCUT2D eigenvalue weighted by atomic mass is 16.5. The van der Waals surface area contributed by atoms with E-state index in [-0.39, 0.29) is 12.5 Å². The maximum absolute atomic E-state index is 12.6. The molecule has 0 saturated heterocycles. The second-order valence-corrected chi connectivity index (χ2v) is 6.53. The van der Waals surface area contributed by atoms with E-state index in [1.807, 2.05) is 42.5 Å². The second-order valence-electron chi connectivity index (χ2n) is 6.53. The lowest BCUT2D eigenvalue weighted by Gasteiger charge is -2.13. The third-order valence-electron chi connectivity index (χ3n) is 4.59. The first-order chi connectivity index (χ1) is 14.6. The molecule has 0 bridgehead atoms. The van der Waals surface area contributed by atoms with Crippen LogP contribution in [0.4, 0.5) is 0 Å². The van der Waals surface area contributed by atoms with Crippen molar-refractivity contribution in [1.29, 1.82) is 0 Å². The Bertz CT molecular complexity index is 985. The molecule has 0 atom stereocenters. The summed E-state index contributed by atoms with van der Waals surface area (Å²) in [7, 11) is 4.82. The topological polar surface area (TPSA) is 66.0 Å². The summed E-state index contributed by atoms with van der Waals surface area (Å²) < 4.78 is 21.6. The zero-order chi connectivity index (χ0) is 21.3. The average molecular weight is 407 g/mol. The molecule has 1 N–H and O–H groups in total. The van der Waals surface area contributed by atoms with Crippen molar-refractivity contribution in [1.82, 2.24) is 5.32 Å². The largest absolute Gasteiger partial charge is 0.497 e. The smallest absolute Gasteiger partial charge is 0.251 e. The number of hydrogen-bond acceptors (Lipinski definition) is 5. The van der Waals surface area contributed by atoms with E-state index in [2.05, 4.69) is 5.32 Å². The minimum absolute atomic E-state index is 0.170. The van der Waals surface area contributed by atoms with Crippen LogP contribution in [-0.2, 0) is 13.2 Å². The lowest BCUT2D eigenvalue weighted by Crippen LogP contribution is -2.23. The van der Waals surface area contributed by atoms with Crippen molar-refractivity contribution in [2.45, 2.75) is 13.2 Å². The number of methoxy groups -OCH3 is 3. The SMILES string of the molecule is COc1ccc(CNC(=O)c2ccc(OC)c(COc3cccc(OC)c3)c2)cc1. The number of amides is 1. The Kier molecular flexibility index (Phi) is 7.16. The summed E-state index contributed by atoms with van der Waals surface area (Å²) in [5.74, 6) is 2.65. The molecule has 0 radical (unpaired) electrons. The molecule has 0 aliphatic carbocycles. The van der Waals surface area contributed by atoms with Crippen LogP contribution >= 0.6 is 0 Å². The maximum Gasteiger partial charge on any atom is 0.251 e. The summed E-state index contributed by atoms with van der Waals surface area (Å²) in [6.45, 7) is 0.681. The monoisotopic (exact) mass is 407 g/mol. The Balaban J connectivity index is 1.66. The normalized spacial score (nSPS) is 10.2. The molecule has 3 aromatic rings. The maximum atomic E-state index is 12.6. The Morgan fingerprint density at radius 1 is 0.800 bits per heavy atom. The van der Waals surface area contributed by atoms with E-state index in [1.165, 1.54) is 0 Å². The molecular weight excluding hydrogens is 382 g/mol. The fourth-order valence-corrected chi connectivity index (χ4v) is 2.91. The van der Waals surface area contributed by atoms with Crippen molar-refractivity contribution in [2.75, 3.05) is 21.3 Å². The van der Waals surface area contributed by atoms with Gasteiger partial charge in [-0.15, -0.1) is 0 Å². The third-order valence-corrected chi connectivity index (χ3v) is 4.59. The van der Waals surface area contributed by atoms with E-state index in [1.54, 1.807) is 45.6 Å². The molecule has 3 aromatic carbocycles. The van der Waals surface area contributed by atoms with Gasteiger partial charge < -0.3 is 24.3 Å². The Morgan fingerprint density at radius 3 is 2.23 bits per heavy atom. The summed E-state index contributed by atoms with van der Waals surface area (Å²) in [5.41, 5.74) is 2.30. The minimum Gasteiger partial charge on any atom is -0.497 e. The molecule has 30 heavy (non-hydrogen) atoms. The predicted molar refractivity (Wildman–Crippen MR) is 114 cm³/mol. The average Bonchev–Trinajstić information content (AvgIpc) is 2.81. The number of hydrogen-bond donors (Lipinski definition) is 1. The van der Waals surface area contributed by atoms with Crippen molar-refractivity contribution < 1.29 is 23.7 Å². The number of carbonyl (C=O) groups excluding carboxylic acids is 1. The van der Waals surface area contributed by atoms with Crippen molar-refractivity contribution in [3.63, 3.8) is 0 Å². The van der Waals surface area contributed by atoms with Crippen LogP contribution in [0.25, 0.3) is 0 Å². The van der Waals surface area contributed by atoms with E-state index in [9.17, 15) is 4.79 Å². The molecule has 0 aromatic heterocycles. The fourth-order valence-electron chi connectivity index (χ4n) is 2.91. The molecular formula is C24H25NO5. The zero-order valence-electron chi connectivity index (χ0n) is 17.3. The molecule has 156 valence electrons. The first-order valence-corrected chi connectivity index (χ1v) is 9.48. The minimum atomic E-state index is -0.170. The molecule has 0 spiro atoms. The third kappa shape index (κ3) is 5.44. The van der Waals surface area contributed by atoms with E-state index in [0.29, 0.717) is 29.4 Å². The Labute approximate surface area is 176 Å². The van der Waals surface area contributed by atoms with Gasteiger partial charge in [0.25, 0.3) is 5.91 Å². The summed E-state index contributed by atoms with van der Waals surface area (Å²) in [6, 6.07) is 20.2. The lowest BCUT2D eigenvalue weighted by molar-refractivity contribution is 0.0950. The van der Waals surface area contributed by atoms with Gasteiger partial charge in [-0.25, -0.2) is 0 Å².